The van der Waals surface area contributed by atoms with Crippen molar-refractivity contribution in [2.75, 3.05) is 0 Å². The van der Waals surface area contributed by atoms with Crippen molar-refractivity contribution in [2.24, 2.45) is 5.10 Å². The van der Waals surface area contributed by atoms with Gasteiger partial charge in [0.05, 0.1) is 6.21 Å². The fraction of sp³-hybridized carbons (Fsp3) is 0.111. The molecule has 3 aromatic rings. The molecule has 116 valence electrons. The average molecular weight is 307 g/mol. The Balaban J connectivity index is 1.78. The summed E-state index contributed by atoms with van der Waals surface area (Å²) in [6.45, 7) is 2.95. The van der Waals surface area contributed by atoms with Crippen LogP contribution in [0.5, 0.6) is 5.75 Å². The molecule has 0 bridgehead atoms. The van der Waals surface area contributed by atoms with Gasteiger partial charge in [-0.2, -0.15) is 5.10 Å². The molecule has 0 aliphatic rings. The Morgan fingerprint density at radius 1 is 1.22 bits per heavy atom. The van der Waals surface area contributed by atoms with Gasteiger partial charge in [-0.1, -0.05) is 18.2 Å². The molecule has 0 radical (unpaired) electrons. The highest BCUT2D eigenvalue weighted by Gasteiger charge is 2.06. The molecule has 5 heteroatoms. The molecule has 0 unspecified atom stereocenters. The van der Waals surface area contributed by atoms with E-state index in [2.05, 4.69) is 28.1 Å². The quantitative estimate of drug-likeness (QED) is 0.574. The predicted molar refractivity (Wildman–Crippen MR) is 90.8 cm³/mol. The number of amides is 1. The van der Waals surface area contributed by atoms with Crippen LogP contribution in [0, 0.1) is 0 Å². The first kappa shape index (κ1) is 14.8. The lowest BCUT2D eigenvalue weighted by Gasteiger charge is -1.99. The van der Waals surface area contributed by atoms with Crippen molar-refractivity contribution in [2.45, 2.75) is 13.5 Å². The van der Waals surface area contributed by atoms with Crippen LogP contribution in [0.2, 0.25) is 0 Å². The molecule has 23 heavy (non-hydrogen) atoms. The van der Waals surface area contributed by atoms with Gasteiger partial charge in [-0.3, -0.25) is 4.79 Å². The van der Waals surface area contributed by atoms with Crippen LogP contribution in [-0.4, -0.2) is 21.8 Å². The van der Waals surface area contributed by atoms with Crippen LogP contribution in [0.15, 0.2) is 59.8 Å². The topological polar surface area (TPSA) is 66.6 Å². The fourth-order valence-electron chi connectivity index (χ4n) is 2.48. The molecule has 0 aliphatic heterocycles. The SMILES string of the molecule is CCn1cc(/C=N/NC(=O)c2ccc(O)cc2)c2ccccc21. The van der Waals surface area contributed by atoms with Crippen molar-refractivity contribution >= 4 is 23.0 Å². The van der Waals surface area contributed by atoms with E-state index in [1.54, 1.807) is 18.3 Å². The summed E-state index contributed by atoms with van der Waals surface area (Å²) in [4.78, 5) is 12.0. The number of hydrazone groups is 1. The van der Waals surface area contributed by atoms with Gasteiger partial charge in [0.2, 0.25) is 0 Å². The van der Waals surface area contributed by atoms with E-state index in [9.17, 15) is 9.90 Å². The number of phenolic OH excluding ortho intramolecular Hbond substituents is 1. The number of aromatic hydroxyl groups is 1. The zero-order valence-corrected chi connectivity index (χ0v) is 12.7. The van der Waals surface area contributed by atoms with Gasteiger partial charge in [0, 0.05) is 34.8 Å². The standard InChI is InChI=1S/C18H17N3O2/c1-2-21-12-14(16-5-3-4-6-17(16)21)11-19-20-18(23)13-7-9-15(22)10-8-13/h3-12,22H,2H2,1H3,(H,20,23)/b19-11+. The molecule has 0 spiro atoms. The van der Waals surface area contributed by atoms with E-state index in [1.807, 2.05) is 24.4 Å². The minimum Gasteiger partial charge on any atom is -0.508 e. The summed E-state index contributed by atoms with van der Waals surface area (Å²) in [5.74, 6) is -0.196. The highest BCUT2D eigenvalue weighted by Crippen LogP contribution is 2.19. The summed E-state index contributed by atoms with van der Waals surface area (Å²) in [5.41, 5.74) is 5.03. The molecule has 3 rings (SSSR count). The fourth-order valence-corrected chi connectivity index (χ4v) is 2.48. The molecule has 1 heterocycles. The second-order valence-corrected chi connectivity index (χ2v) is 5.13. The molecule has 1 aromatic heterocycles. The molecule has 0 atom stereocenters. The van der Waals surface area contributed by atoms with Crippen LogP contribution in [0.25, 0.3) is 10.9 Å². The number of nitrogens with one attached hydrogen (secondary N) is 1. The number of nitrogens with zero attached hydrogens (tertiary/aromatic N) is 2. The molecule has 0 aliphatic carbocycles. The lowest BCUT2D eigenvalue weighted by Crippen LogP contribution is -2.17. The zero-order chi connectivity index (χ0) is 16.2. The van der Waals surface area contributed by atoms with Crippen molar-refractivity contribution in [3.05, 3.63) is 65.9 Å². The minimum absolute atomic E-state index is 0.123. The molecule has 1 amide bonds. The minimum atomic E-state index is -0.319. The summed E-state index contributed by atoms with van der Waals surface area (Å²) in [6.07, 6.45) is 3.66. The van der Waals surface area contributed by atoms with Crippen LogP contribution in [0.1, 0.15) is 22.8 Å². The van der Waals surface area contributed by atoms with Gasteiger partial charge in [-0.25, -0.2) is 5.43 Å². The van der Waals surface area contributed by atoms with E-state index >= 15 is 0 Å². The Morgan fingerprint density at radius 2 is 1.96 bits per heavy atom. The Bertz CT molecular complexity index is 864. The normalized spacial score (nSPS) is 11.2. The zero-order valence-electron chi connectivity index (χ0n) is 12.7. The maximum atomic E-state index is 12.0. The summed E-state index contributed by atoms with van der Waals surface area (Å²) >= 11 is 0. The first-order valence-electron chi connectivity index (χ1n) is 7.39. The molecule has 2 aromatic carbocycles. The van der Waals surface area contributed by atoms with Gasteiger partial charge < -0.3 is 9.67 Å². The third kappa shape index (κ3) is 3.08. The van der Waals surface area contributed by atoms with Crippen molar-refractivity contribution in [1.82, 2.24) is 9.99 Å². The van der Waals surface area contributed by atoms with Crippen molar-refractivity contribution in [3.63, 3.8) is 0 Å². The lowest BCUT2D eigenvalue weighted by atomic mass is 10.2. The van der Waals surface area contributed by atoms with Gasteiger partial charge in [0.25, 0.3) is 5.91 Å². The van der Waals surface area contributed by atoms with Crippen LogP contribution in [-0.2, 0) is 6.54 Å². The smallest absolute Gasteiger partial charge is 0.271 e. The summed E-state index contributed by atoms with van der Waals surface area (Å²) < 4.78 is 2.14. The van der Waals surface area contributed by atoms with E-state index in [0.717, 1.165) is 23.0 Å². The van der Waals surface area contributed by atoms with E-state index in [1.165, 1.54) is 12.1 Å². The number of fused-ring (bicyclic) bond motifs is 1. The predicted octanol–water partition coefficient (Wildman–Crippen LogP) is 3.13. The monoisotopic (exact) mass is 307 g/mol. The number of hydrogen-bond acceptors (Lipinski definition) is 3. The molecular weight excluding hydrogens is 290 g/mol. The van der Waals surface area contributed by atoms with E-state index in [0.29, 0.717) is 5.56 Å². The second kappa shape index (κ2) is 6.36. The number of aromatic nitrogens is 1. The number of phenols is 1. The number of para-hydroxylation sites is 1. The molecular formula is C18H17N3O2. The number of carbonyl (C=O) groups excluding carboxylic acids is 1. The van der Waals surface area contributed by atoms with Gasteiger partial charge in [0.1, 0.15) is 5.75 Å². The van der Waals surface area contributed by atoms with E-state index in [4.69, 9.17) is 0 Å². The first-order chi connectivity index (χ1) is 11.2. The lowest BCUT2D eigenvalue weighted by molar-refractivity contribution is 0.0955. The number of benzene rings is 2. The summed E-state index contributed by atoms with van der Waals surface area (Å²) in [6, 6.07) is 14.1. The van der Waals surface area contributed by atoms with E-state index < -0.39 is 0 Å². The van der Waals surface area contributed by atoms with Gasteiger partial charge in [0.15, 0.2) is 0 Å². The Labute approximate surface area is 133 Å². The summed E-state index contributed by atoms with van der Waals surface area (Å²) in [7, 11) is 0. The van der Waals surface area contributed by atoms with Crippen LogP contribution < -0.4 is 5.43 Å². The Morgan fingerprint density at radius 3 is 2.70 bits per heavy atom. The number of hydrogen-bond donors (Lipinski definition) is 2. The van der Waals surface area contributed by atoms with Crippen molar-refractivity contribution in [1.29, 1.82) is 0 Å². The second-order valence-electron chi connectivity index (χ2n) is 5.13. The largest absolute Gasteiger partial charge is 0.508 e. The number of rotatable bonds is 4. The maximum Gasteiger partial charge on any atom is 0.271 e. The van der Waals surface area contributed by atoms with Gasteiger partial charge in [-0.15, -0.1) is 0 Å². The van der Waals surface area contributed by atoms with Crippen LogP contribution >= 0.6 is 0 Å². The van der Waals surface area contributed by atoms with E-state index in [-0.39, 0.29) is 11.7 Å². The van der Waals surface area contributed by atoms with Crippen LogP contribution in [0.3, 0.4) is 0 Å². The number of aryl methyl sites for hydroxylation is 1. The van der Waals surface area contributed by atoms with Crippen molar-refractivity contribution in [3.8, 4) is 5.75 Å². The third-order valence-corrected chi connectivity index (χ3v) is 3.66. The Kier molecular flexibility index (Phi) is 4.10. The Hall–Kier alpha value is -3.08. The third-order valence-electron chi connectivity index (χ3n) is 3.66. The van der Waals surface area contributed by atoms with Gasteiger partial charge in [-0.05, 0) is 37.3 Å². The van der Waals surface area contributed by atoms with Crippen molar-refractivity contribution < 1.29 is 9.90 Å². The molecule has 0 saturated carbocycles. The van der Waals surface area contributed by atoms with Gasteiger partial charge >= 0.3 is 0 Å². The molecule has 2 N–H and O–H groups in total. The summed E-state index contributed by atoms with van der Waals surface area (Å²) in [5, 5.41) is 14.4. The average Bonchev–Trinajstić information content (AvgIpc) is 2.94. The number of carbonyl (C=O) groups is 1. The molecule has 5 nitrogen and oxygen atoms in total. The van der Waals surface area contributed by atoms with Crippen LogP contribution in [0.4, 0.5) is 0 Å². The molecule has 0 saturated heterocycles. The highest BCUT2D eigenvalue weighted by atomic mass is 16.3. The maximum absolute atomic E-state index is 12.0. The molecule has 0 fully saturated rings. The highest BCUT2D eigenvalue weighted by molar-refractivity contribution is 6.00. The first-order valence-corrected chi connectivity index (χ1v) is 7.39.